The summed E-state index contributed by atoms with van der Waals surface area (Å²) in [6.07, 6.45) is -2.05. The molecule has 0 fully saturated rings. The van der Waals surface area contributed by atoms with Crippen molar-refractivity contribution in [1.82, 2.24) is 14.8 Å². The van der Waals surface area contributed by atoms with Gasteiger partial charge in [0.1, 0.15) is 5.60 Å². The highest BCUT2D eigenvalue weighted by Gasteiger charge is 2.40. The number of rotatable bonds is 2. The summed E-state index contributed by atoms with van der Waals surface area (Å²) in [6, 6.07) is 1.57. The van der Waals surface area contributed by atoms with Crippen LogP contribution in [0.4, 0.5) is 23.7 Å². The molecule has 2 heterocycles. The third-order valence-corrected chi connectivity index (χ3v) is 2.91. The minimum absolute atomic E-state index is 0.169. The smallest absolute Gasteiger partial charge is 0.435 e. The fourth-order valence-electron chi connectivity index (χ4n) is 1.99. The Hall–Kier alpha value is -2.58. The van der Waals surface area contributed by atoms with Gasteiger partial charge in [0.2, 0.25) is 0 Å². The molecule has 1 N–H and O–H groups in total. The number of hydrogen-bond donors (Lipinski definition) is 1. The molecular formula is C15H17F3N4O2. The first-order chi connectivity index (χ1) is 11.0. The van der Waals surface area contributed by atoms with Crippen molar-refractivity contribution in [1.29, 1.82) is 0 Å². The van der Waals surface area contributed by atoms with Crippen molar-refractivity contribution in [2.45, 2.75) is 39.5 Å². The molecule has 6 nitrogen and oxygen atoms in total. The van der Waals surface area contributed by atoms with E-state index in [0.29, 0.717) is 10.2 Å². The molecule has 2 aromatic heterocycles. The summed E-state index contributed by atoms with van der Waals surface area (Å²) < 4.78 is 46.1. The Morgan fingerprint density at radius 1 is 1.25 bits per heavy atom. The topological polar surface area (TPSA) is 69.0 Å². The second-order valence-corrected chi connectivity index (χ2v) is 6.11. The molecule has 2 aromatic rings. The van der Waals surface area contributed by atoms with Gasteiger partial charge in [0.25, 0.3) is 0 Å². The van der Waals surface area contributed by atoms with Gasteiger partial charge in [-0.15, -0.1) is 0 Å². The monoisotopic (exact) mass is 342 g/mol. The average Bonchev–Trinajstić information content (AvgIpc) is 2.80. The fourth-order valence-corrected chi connectivity index (χ4v) is 1.99. The Labute approximate surface area is 136 Å². The van der Waals surface area contributed by atoms with E-state index >= 15 is 0 Å². The fraction of sp³-hybridized carbons (Fsp3) is 0.400. The quantitative estimate of drug-likeness (QED) is 0.897. The lowest BCUT2D eigenvalue weighted by Gasteiger charge is -2.20. The van der Waals surface area contributed by atoms with E-state index in [2.05, 4.69) is 15.4 Å². The highest BCUT2D eigenvalue weighted by molar-refractivity contribution is 5.85. The van der Waals surface area contributed by atoms with Crippen LogP contribution < -0.4 is 5.32 Å². The van der Waals surface area contributed by atoms with Crippen molar-refractivity contribution in [2.75, 3.05) is 5.32 Å². The Kier molecular flexibility index (Phi) is 4.54. The molecular weight excluding hydrogens is 325 g/mol. The lowest BCUT2D eigenvalue weighted by molar-refractivity contribution is -0.142. The molecule has 0 spiro atoms. The number of nitrogens with zero attached hydrogens (tertiary/aromatic N) is 3. The molecule has 0 atom stereocenters. The molecule has 0 saturated carbocycles. The van der Waals surface area contributed by atoms with Crippen LogP contribution in [-0.2, 0) is 10.9 Å². The summed E-state index contributed by atoms with van der Waals surface area (Å²) in [4.78, 5) is 15.6. The average molecular weight is 342 g/mol. The number of pyridine rings is 1. The van der Waals surface area contributed by atoms with E-state index in [0.717, 1.165) is 6.20 Å². The molecule has 9 heteroatoms. The number of amides is 1. The van der Waals surface area contributed by atoms with Crippen LogP contribution in [0.5, 0.6) is 0 Å². The van der Waals surface area contributed by atoms with Crippen molar-refractivity contribution >= 4 is 11.8 Å². The molecule has 0 unspecified atom stereocenters. The van der Waals surface area contributed by atoms with Crippen LogP contribution in [0.2, 0.25) is 0 Å². The van der Waals surface area contributed by atoms with E-state index < -0.39 is 29.3 Å². The maximum atomic E-state index is 13.5. The van der Waals surface area contributed by atoms with Crippen LogP contribution in [-0.4, -0.2) is 26.5 Å². The SMILES string of the molecule is Cc1ccncc1-n1ncc(NC(=O)OC(C)(C)C)c1C(F)(F)F. The number of aromatic nitrogens is 3. The van der Waals surface area contributed by atoms with Gasteiger partial charge in [-0.05, 0) is 39.3 Å². The lowest BCUT2D eigenvalue weighted by atomic mass is 10.2. The molecule has 1 amide bonds. The number of alkyl halides is 3. The molecule has 0 saturated heterocycles. The third-order valence-electron chi connectivity index (χ3n) is 2.91. The Morgan fingerprint density at radius 2 is 1.92 bits per heavy atom. The van der Waals surface area contributed by atoms with Crippen LogP contribution >= 0.6 is 0 Å². The van der Waals surface area contributed by atoms with E-state index in [4.69, 9.17) is 4.74 Å². The second kappa shape index (κ2) is 6.14. The Morgan fingerprint density at radius 3 is 2.46 bits per heavy atom. The zero-order valence-corrected chi connectivity index (χ0v) is 13.6. The first kappa shape index (κ1) is 17.8. The Balaban J connectivity index is 2.45. The predicted molar refractivity (Wildman–Crippen MR) is 81.0 cm³/mol. The first-order valence-electron chi connectivity index (χ1n) is 7.05. The van der Waals surface area contributed by atoms with Gasteiger partial charge in [-0.3, -0.25) is 10.3 Å². The number of nitrogens with one attached hydrogen (secondary N) is 1. The number of ether oxygens (including phenoxy) is 1. The van der Waals surface area contributed by atoms with Gasteiger partial charge < -0.3 is 4.74 Å². The van der Waals surface area contributed by atoms with E-state index in [1.54, 1.807) is 33.8 Å². The number of aryl methyl sites for hydroxylation is 1. The number of carbonyl (C=O) groups excluding carboxylic acids is 1. The summed E-state index contributed by atoms with van der Waals surface area (Å²) in [5.74, 6) is 0. The summed E-state index contributed by atoms with van der Waals surface area (Å²) in [7, 11) is 0. The van der Waals surface area contributed by atoms with E-state index in [1.807, 2.05) is 0 Å². The molecule has 0 aliphatic rings. The first-order valence-corrected chi connectivity index (χ1v) is 7.05. The Bertz CT molecular complexity index is 748. The van der Waals surface area contributed by atoms with Crippen molar-refractivity contribution in [3.8, 4) is 5.69 Å². The molecule has 2 rings (SSSR count). The zero-order valence-electron chi connectivity index (χ0n) is 13.6. The van der Waals surface area contributed by atoms with Crippen LogP contribution in [0.15, 0.2) is 24.7 Å². The minimum atomic E-state index is -4.73. The summed E-state index contributed by atoms with van der Waals surface area (Å²) in [5, 5.41) is 5.85. The predicted octanol–water partition coefficient (Wildman–Crippen LogP) is 3.94. The van der Waals surface area contributed by atoms with Crippen LogP contribution in [0.1, 0.15) is 32.0 Å². The van der Waals surface area contributed by atoms with E-state index in [1.165, 1.54) is 12.4 Å². The number of hydrogen-bond acceptors (Lipinski definition) is 4. The second-order valence-electron chi connectivity index (χ2n) is 6.11. The maximum absolute atomic E-state index is 13.5. The van der Waals surface area contributed by atoms with Gasteiger partial charge in [0, 0.05) is 6.20 Å². The van der Waals surface area contributed by atoms with Gasteiger partial charge >= 0.3 is 12.3 Å². The molecule has 0 radical (unpaired) electrons. The highest BCUT2D eigenvalue weighted by Crippen LogP contribution is 2.36. The van der Waals surface area contributed by atoms with Crippen LogP contribution in [0.3, 0.4) is 0 Å². The van der Waals surface area contributed by atoms with Crippen molar-refractivity contribution in [3.05, 3.63) is 35.9 Å². The van der Waals surface area contributed by atoms with Crippen molar-refractivity contribution < 1.29 is 22.7 Å². The normalized spacial score (nSPS) is 12.1. The molecule has 0 aromatic carbocycles. The molecule has 24 heavy (non-hydrogen) atoms. The standard InChI is InChI=1S/C15H17F3N4O2/c1-9-5-6-19-8-11(9)22-12(15(16,17)18)10(7-20-22)21-13(23)24-14(2,3)4/h5-8H,1-4H3,(H,21,23). The van der Waals surface area contributed by atoms with Gasteiger partial charge in [0.05, 0.1) is 23.8 Å². The number of halogens is 3. The van der Waals surface area contributed by atoms with Crippen molar-refractivity contribution in [3.63, 3.8) is 0 Å². The van der Waals surface area contributed by atoms with Crippen molar-refractivity contribution in [2.24, 2.45) is 0 Å². The summed E-state index contributed by atoms with van der Waals surface area (Å²) in [5.41, 5.74) is -1.70. The van der Waals surface area contributed by atoms with Crippen LogP contribution in [0.25, 0.3) is 5.69 Å². The molecule has 130 valence electrons. The number of anilines is 1. The highest BCUT2D eigenvalue weighted by atomic mass is 19.4. The minimum Gasteiger partial charge on any atom is -0.444 e. The van der Waals surface area contributed by atoms with Crippen LogP contribution in [0, 0.1) is 6.92 Å². The van der Waals surface area contributed by atoms with E-state index in [-0.39, 0.29) is 5.69 Å². The summed E-state index contributed by atoms with van der Waals surface area (Å²) >= 11 is 0. The van der Waals surface area contributed by atoms with Gasteiger partial charge in [-0.25, -0.2) is 9.48 Å². The number of carbonyl (C=O) groups is 1. The molecule has 0 bridgehead atoms. The van der Waals surface area contributed by atoms with E-state index in [9.17, 15) is 18.0 Å². The zero-order chi connectivity index (χ0) is 18.1. The molecule has 0 aliphatic carbocycles. The van der Waals surface area contributed by atoms with Gasteiger partial charge in [-0.1, -0.05) is 0 Å². The summed E-state index contributed by atoms with van der Waals surface area (Å²) in [6.45, 7) is 6.47. The largest absolute Gasteiger partial charge is 0.444 e. The maximum Gasteiger partial charge on any atom is 0.435 e. The van der Waals surface area contributed by atoms with Gasteiger partial charge in [-0.2, -0.15) is 18.3 Å². The lowest BCUT2D eigenvalue weighted by Crippen LogP contribution is -2.28. The third kappa shape index (κ3) is 4.03. The molecule has 0 aliphatic heterocycles. The van der Waals surface area contributed by atoms with Gasteiger partial charge in [0.15, 0.2) is 5.69 Å².